The topological polar surface area (TPSA) is 83.0 Å². The monoisotopic (exact) mass is 475 g/mol. The summed E-state index contributed by atoms with van der Waals surface area (Å²) in [5.41, 5.74) is -0.773. The number of aromatic nitrogens is 1. The molecule has 1 aromatic carbocycles. The Labute approximate surface area is 183 Å². The second kappa shape index (κ2) is 7.54. The number of fused-ring (bicyclic) bond motifs is 1. The van der Waals surface area contributed by atoms with Crippen LogP contribution in [0.3, 0.4) is 0 Å². The molecule has 3 heterocycles. The fourth-order valence-corrected chi connectivity index (χ4v) is 4.48. The Hall–Kier alpha value is -2.56. The van der Waals surface area contributed by atoms with E-state index in [0.717, 1.165) is 17.0 Å². The summed E-state index contributed by atoms with van der Waals surface area (Å²) in [4.78, 5) is 32.4. The number of anilines is 1. The van der Waals surface area contributed by atoms with Crippen molar-refractivity contribution in [2.75, 3.05) is 11.4 Å². The molecule has 4 rings (SSSR count). The van der Waals surface area contributed by atoms with Crippen LogP contribution in [0.15, 0.2) is 36.4 Å². The molecule has 0 bridgehead atoms. The highest BCUT2D eigenvalue weighted by molar-refractivity contribution is 6.33. The Bertz CT molecular complexity index is 1030. The Morgan fingerprint density at radius 2 is 1.77 bits per heavy atom. The zero-order valence-electron chi connectivity index (χ0n) is 15.6. The van der Waals surface area contributed by atoms with Crippen molar-refractivity contribution in [3.05, 3.63) is 52.3 Å². The number of carbonyl (C=O) groups excluding carboxylic acids is 2. The molecular weight excluding hydrogens is 462 g/mol. The molecule has 12 heteroatoms. The molecule has 164 valence electrons. The number of halogens is 5. The van der Waals surface area contributed by atoms with E-state index >= 15 is 0 Å². The number of carbonyl (C=O) groups is 2. The van der Waals surface area contributed by atoms with Gasteiger partial charge >= 0.3 is 12.4 Å². The number of imide groups is 1. The highest BCUT2D eigenvalue weighted by atomic mass is 35.5. The predicted molar refractivity (Wildman–Crippen MR) is 104 cm³/mol. The fourth-order valence-electron chi connectivity index (χ4n) is 4.03. The van der Waals surface area contributed by atoms with E-state index in [4.69, 9.17) is 23.2 Å². The van der Waals surface area contributed by atoms with Gasteiger partial charge in [-0.3, -0.25) is 4.79 Å². The van der Waals surface area contributed by atoms with Gasteiger partial charge in [0.15, 0.2) is 0 Å². The third-order valence-electron chi connectivity index (χ3n) is 5.17. The van der Waals surface area contributed by atoms with Crippen LogP contribution in [-0.2, 0) is 11.2 Å². The van der Waals surface area contributed by atoms with Gasteiger partial charge in [0.05, 0.1) is 11.8 Å². The third kappa shape index (κ3) is 4.02. The standard InChI is InChI=1S/C19H14Cl2F3N3O4/c20-14-5-11(6-15(21)25-14)27-16(29)18(8-12(28)9-26(18)17(27)30)7-10-1-3-13(4-2-10)31-19(22,23)24/h1-6,12,28H,7-9H2/t12-,18?/m1/s1. The summed E-state index contributed by atoms with van der Waals surface area (Å²) in [5.74, 6) is -1.00. The van der Waals surface area contributed by atoms with Gasteiger partial charge in [-0.25, -0.2) is 14.7 Å². The van der Waals surface area contributed by atoms with Gasteiger partial charge in [0, 0.05) is 19.4 Å². The Kier molecular flexibility index (Phi) is 5.27. The lowest BCUT2D eigenvalue weighted by atomic mass is 9.87. The van der Waals surface area contributed by atoms with Gasteiger partial charge in [-0.2, -0.15) is 0 Å². The van der Waals surface area contributed by atoms with E-state index in [1.165, 1.54) is 29.2 Å². The van der Waals surface area contributed by atoms with Gasteiger partial charge in [-0.1, -0.05) is 35.3 Å². The zero-order valence-corrected chi connectivity index (χ0v) is 17.1. The predicted octanol–water partition coefficient (Wildman–Crippen LogP) is 3.80. The Morgan fingerprint density at radius 3 is 2.35 bits per heavy atom. The molecule has 7 nitrogen and oxygen atoms in total. The molecule has 0 aliphatic carbocycles. The van der Waals surface area contributed by atoms with Crippen LogP contribution in [-0.4, -0.2) is 51.5 Å². The van der Waals surface area contributed by atoms with E-state index in [9.17, 15) is 27.9 Å². The van der Waals surface area contributed by atoms with E-state index in [2.05, 4.69) is 9.72 Å². The van der Waals surface area contributed by atoms with Crippen molar-refractivity contribution in [3.8, 4) is 5.75 Å². The molecule has 0 radical (unpaired) electrons. The van der Waals surface area contributed by atoms with Gasteiger partial charge in [0.1, 0.15) is 21.6 Å². The van der Waals surface area contributed by atoms with Crippen molar-refractivity contribution in [1.29, 1.82) is 0 Å². The number of ether oxygens (including phenoxy) is 1. The average molecular weight is 476 g/mol. The summed E-state index contributed by atoms with van der Waals surface area (Å²) in [6, 6.07) is 6.97. The number of pyridine rings is 1. The molecule has 2 saturated heterocycles. The lowest BCUT2D eigenvalue weighted by Crippen LogP contribution is -2.47. The highest BCUT2D eigenvalue weighted by Gasteiger charge is 2.62. The van der Waals surface area contributed by atoms with Crippen LogP contribution in [0.25, 0.3) is 0 Å². The number of hydrogen-bond donors (Lipinski definition) is 1. The van der Waals surface area contributed by atoms with Gasteiger partial charge in [0.25, 0.3) is 5.91 Å². The van der Waals surface area contributed by atoms with Gasteiger partial charge in [0.2, 0.25) is 0 Å². The number of benzene rings is 1. The van der Waals surface area contributed by atoms with Crippen molar-refractivity contribution >= 4 is 40.8 Å². The number of rotatable bonds is 4. The molecule has 2 fully saturated rings. The summed E-state index contributed by atoms with van der Waals surface area (Å²) >= 11 is 11.8. The van der Waals surface area contributed by atoms with E-state index in [-0.39, 0.29) is 35.4 Å². The van der Waals surface area contributed by atoms with Gasteiger partial charge in [-0.15, -0.1) is 13.2 Å². The van der Waals surface area contributed by atoms with Crippen molar-refractivity contribution in [1.82, 2.24) is 9.88 Å². The van der Waals surface area contributed by atoms with Crippen molar-refractivity contribution < 1.29 is 32.6 Å². The molecule has 1 unspecified atom stereocenters. The number of amides is 3. The molecule has 2 aliphatic rings. The Balaban J connectivity index is 1.66. The second-order valence-electron chi connectivity index (χ2n) is 7.26. The SMILES string of the molecule is O=C1N(c2cc(Cl)nc(Cl)c2)C(=O)C2(Cc3ccc(OC(F)(F)F)cc3)C[C@@H](O)CN12. The number of urea groups is 1. The summed E-state index contributed by atoms with van der Waals surface area (Å²) in [5, 5.41) is 10.1. The summed E-state index contributed by atoms with van der Waals surface area (Å²) in [6.45, 7) is -0.0666. The second-order valence-corrected chi connectivity index (χ2v) is 8.04. The number of hydrogen-bond acceptors (Lipinski definition) is 5. The number of aliphatic hydroxyl groups excluding tert-OH is 1. The number of β-amino-alcohol motifs (C(OH)–C–C–N with tert-alkyl or cyclic N) is 1. The first kappa shape index (κ1) is 21.7. The lowest BCUT2D eigenvalue weighted by molar-refractivity contribution is -0.274. The molecule has 2 aliphatic heterocycles. The minimum atomic E-state index is -4.83. The van der Waals surface area contributed by atoms with Crippen molar-refractivity contribution in [2.45, 2.75) is 30.8 Å². The molecule has 2 aromatic rings. The van der Waals surface area contributed by atoms with E-state index in [0.29, 0.717) is 5.56 Å². The van der Waals surface area contributed by atoms with Crippen molar-refractivity contribution in [2.24, 2.45) is 0 Å². The molecule has 31 heavy (non-hydrogen) atoms. The third-order valence-corrected chi connectivity index (χ3v) is 5.55. The number of nitrogens with zero attached hydrogens (tertiary/aromatic N) is 3. The van der Waals surface area contributed by atoms with Crippen LogP contribution in [0.1, 0.15) is 12.0 Å². The largest absolute Gasteiger partial charge is 0.573 e. The van der Waals surface area contributed by atoms with E-state index < -0.39 is 35.7 Å². The number of aliphatic hydroxyl groups is 1. The fraction of sp³-hybridized carbons (Fsp3) is 0.316. The molecule has 1 aromatic heterocycles. The van der Waals surface area contributed by atoms with Crippen LogP contribution in [0, 0.1) is 0 Å². The normalized spacial score (nSPS) is 23.5. The highest BCUT2D eigenvalue weighted by Crippen LogP contribution is 2.43. The molecule has 0 spiro atoms. The molecule has 0 saturated carbocycles. The maximum Gasteiger partial charge on any atom is 0.573 e. The van der Waals surface area contributed by atoms with E-state index in [1.807, 2.05) is 0 Å². The van der Waals surface area contributed by atoms with Crippen LogP contribution in [0.5, 0.6) is 5.75 Å². The zero-order chi connectivity index (χ0) is 22.6. The van der Waals surface area contributed by atoms with Crippen molar-refractivity contribution in [3.63, 3.8) is 0 Å². The molecule has 2 atom stereocenters. The summed E-state index contributed by atoms with van der Waals surface area (Å²) in [6.07, 6.45) is -5.79. The lowest BCUT2D eigenvalue weighted by Gasteiger charge is -2.28. The first-order valence-electron chi connectivity index (χ1n) is 9.00. The smallest absolute Gasteiger partial charge is 0.406 e. The molecular formula is C19H14Cl2F3N3O4. The quantitative estimate of drug-likeness (QED) is 0.537. The van der Waals surface area contributed by atoms with Crippen LogP contribution >= 0.6 is 23.2 Å². The average Bonchev–Trinajstić information content (AvgIpc) is 3.07. The van der Waals surface area contributed by atoms with Gasteiger partial charge < -0.3 is 14.7 Å². The summed E-state index contributed by atoms with van der Waals surface area (Å²) < 4.78 is 41.0. The van der Waals surface area contributed by atoms with Crippen LogP contribution < -0.4 is 9.64 Å². The summed E-state index contributed by atoms with van der Waals surface area (Å²) in [7, 11) is 0. The molecule has 1 N–H and O–H groups in total. The molecule has 3 amide bonds. The minimum absolute atomic E-state index is 0.00972. The van der Waals surface area contributed by atoms with E-state index in [1.54, 1.807) is 0 Å². The first-order valence-corrected chi connectivity index (χ1v) is 9.76. The Morgan fingerprint density at radius 1 is 1.16 bits per heavy atom. The first-order chi connectivity index (χ1) is 14.5. The van der Waals surface area contributed by atoms with Crippen LogP contribution in [0.2, 0.25) is 10.3 Å². The maximum atomic E-state index is 13.4. The maximum absolute atomic E-state index is 13.4. The minimum Gasteiger partial charge on any atom is -0.406 e. The van der Waals surface area contributed by atoms with Gasteiger partial charge in [-0.05, 0) is 29.8 Å². The van der Waals surface area contributed by atoms with Crippen LogP contribution in [0.4, 0.5) is 23.7 Å². The number of alkyl halides is 3.